The molecule has 2 rings (SSSR count). The van der Waals surface area contributed by atoms with E-state index in [1.54, 1.807) is 18.2 Å². The zero-order valence-electron chi connectivity index (χ0n) is 10.5. The minimum atomic E-state index is -0.288. The molecule has 1 heterocycles. The van der Waals surface area contributed by atoms with Crippen LogP contribution in [0.5, 0.6) is 5.75 Å². The van der Waals surface area contributed by atoms with Gasteiger partial charge in [0.25, 0.3) is 0 Å². The third-order valence-corrected chi connectivity index (χ3v) is 3.52. The molecule has 0 bridgehead atoms. The summed E-state index contributed by atoms with van der Waals surface area (Å²) >= 11 is 17.1. The van der Waals surface area contributed by atoms with Gasteiger partial charge in [0.05, 0.1) is 5.02 Å². The molecule has 0 aliphatic rings. The number of halogens is 2. The third kappa shape index (κ3) is 3.11. The fourth-order valence-corrected chi connectivity index (χ4v) is 2.35. The number of benzene rings is 1. The average Bonchev–Trinajstić information content (AvgIpc) is 2.75. The van der Waals surface area contributed by atoms with Crippen molar-refractivity contribution in [2.75, 3.05) is 0 Å². The number of aromatic nitrogens is 3. The van der Waals surface area contributed by atoms with E-state index in [0.717, 1.165) is 12.4 Å². The molecular formula is C12H13Cl2N3OS. The number of nitrogens with zero attached hydrogens (tertiary/aromatic N) is 2. The first-order valence-corrected chi connectivity index (χ1v) is 6.96. The van der Waals surface area contributed by atoms with Crippen LogP contribution in [-0.2, 0) is 6.54 Å². The lowest BCUT2D eigenvalue weighted by Crippen LogP contribution is -2.11. The summed E-state index contributed by atoms with van der Waals surface area (Å²) in [5.74, 6) is 1.25. The van der Waals surface area contributed by atoms with Crippen molar-refractivity contribution in [3.05, 3.63) is 38.8 Å². The fraction of sp³-hybridized carbons (Fsp3) is 0.333. The third-order valence-electron chi connectivity index (χ3n) is 2.66. The molecule has 4 nitrogen and oxygen atoms in total. The summed E-state index contributed by atoms with van der Waals surface area (Å²) in [5.41, 5.74) is 0. The number of ether oxygens (including phenoxy) is 1. The Labute approximate surface area is 126 Å². The first kappa shape index (κ1) is 14.4. The lowest BCUT2D eigenvalue weighted by molar-refractivity contribution is 0.211. The van der Waals surface area contributed by atoms with Gasteiger partial charge < -0.3 is 9.30 Å². The lowest BCUT2D eigenvalue weighted by Gasteiger charge is -2.15. The summed E-state index contributed by atoms with van der Waals surface area (Å²) in [4.78, 5) is 0. The maximum absolute atomic E-state index is 6.07. The van der Waals surface area contributed by atoms with Crippen LogP contribution >= 0.6 is 35.4 Å². The predicted molar refractivity (Wildman–Crippen MR) is 78.6 cm³/mol. The van der Waals surface area contributed by atoms with Crippen LogP contribution in [0.25, 0.3) is 0 Å². The van der Waals surface area contributed by atoms with E-state index in [2.05, 4.69) is 10.2 Å². The van der Waals surface area contributed by atoms with Gasteiger partial charge in [0, 0.05) is 17.6 Å². The maximum atomic E-state index is 6.07. The van der Waals surface area contributed by atoms with Gasteiger partial charge in [0.2, 0.25) is 0 Å². The second-order valence-electron chi connectivity index (χ2n) is 3.97. The van der Waals surface area contributed by atoms with Crippen molar-refractivity contribution in [2.24, 2.45) is 0 Å². The SMILES string of the molecule is CCn1c([C@@H](C)Oc2cc(Cl)ccc2Cl)n[nH]c1=S. The zero-order chi connectivity index (χ0) is 14.0. The van der Waals surface area contributed by atoms with E-state index in [1.807, 2.05) is 18.4 Å². The molecule has 0 aliphatic carbocycles. The van der Waals surface area contributed by atoms with E-state index in [4.69, 9.17) is 40.2 Å². The standard InChI is InChI=1S/C12H13Cl2N3OS/c1-3-17-11(15-16-12(17)19)7(2)18-10-6-8(13)4-5-9(10)14/h4-7H,3H2,1-2H3,(H,16,19)/t7-/m1/s1. The summed E-state index contributed by atoms with van der Waals surface area (Å²) in [5, 5.41) is 8.02. The first-order valence-electron chi connectivity index (χ1n) is 5.79. The number of H-pyrrole nitrogens is 1. The van der Waals surface area contributed by atoms with Crippen molar-refractivity contribution in [3.63, 3.8) is 0 Å². The summed E-state index contributed by atoms with van der Waals surface area (Å²) < 4.78 is 8.25. The quantitative estimate of drug-likeness (QED) is 0.849. The zero-order valence-corrected chi connectivity index (χ0v) is 12.8. The number of hydrogen-bond acceptors (Lipinski definition) is 3. The second-order valence-corrected chi connectivity index (χ2v) is 5.20. The van der Waals surface area contributed by atoms with Gasteiger partial charge in [-0.3, -0.25) is 5.10 Å². The minimum Gasteiger partial charge on any atom is -0.481 e. The van der Waals surface area contributed by atoms with Crippen LogP contribution in [0.4, 0.5) is 0 Å². The molecule has 102 valence electrons. The Balaban J connectivity index is 2.27. The van der Waals surface area contributed by atoms with E-state index in [1.165, 1.54) is 0 Å². The Morgan fingerprint density at radius 1 is 1.47 bits per heavy atom. The molecule has 0 unspecified atom stereocenters. The van der Waals surface area contributed by atoms with Crippen molar-refractivity contribution >= 4 is 35.4 Å². The average molecular weight is 318 g/mol. The largest absolute Gasteiger partial charge is 0.481 e. The highest BCUT2D eigenvalue weighted by Gasteiger charge is 2.16. The first-order chi connectivity index (χ1) is 9.02. The van der Waals surface area contributed by atoms with Crippen molar-refractivity contribution < 1.29 is 4.74 Å². The van der Waals surface area contributed by atoms with Crippen LogP contribution < -0.4 is 4.74 Å². The summed E-state index contributed by atoms with van der Waals surface area (Å²) in [6, 6.07) is 5.09. The molecule has 0 saturated carbocycles. The van der Waals surface area contributed by atoms with Crippen molar-refractivity contribution in [1.29, 1.82) is 0 Å². The smallest absolute Gasteiger partial charge is 0.195 e. The molecule has 2 aromatic rings. The molecule has 0 fully saturated rings. The molecule has 0 amide bonds. The fourth-order valence-electron chi connectivity index (χ4n) is 1.76. The van der Waals surface area contributed by atoms with Crippen molar-refractivity contribution in [1.82, 2.24) is 14.8 Å². The van der Waals surface area contributed by atoms with E-state index in [0.29, 0.717) is 20.6 Å². The number of aromatic amines is 1. The van der Waals surface area contributed by atoms with Gasteiger partial charge in [0.15, 0.2) is 16.7 Å². The predicted octanol–water partition coefficient (Wildman–Crippen LogP) is 4.41. The highest BCUT2D eigenvalue weighted by Crippen LogP contribution is 2.31. The normalized spacial score (nSPS) is 12.4. The number of rotatable bonds is 4. The molecule has 1 atom stereocenters. The molecule has 1 N–H and O–H groups in total. The number of nitrogens with one attached hydrogen (secondary N) is 1. The van der Waals surface area contributed by atoms with Crippen LogP contribution in [0.15, 0.2) is 18.2 Å². The van der Waals surface area contributed by atoms with E-state index in [9.17, 15) is 0 Å². The van der Waals surface area contributed by atoms with Crippen LogP contribution in [-0.4, -0.2) is 14.8 Å². The van der Waals surface area contributed by atoms with E-state index >= 15 is 0 Å². The molecule has 0 spiro atoms. The Hall–Kier alpha value is -1.04. The maximum Gasteiger partial charge on any atom is 0.195 e. The van der Waals surface area contributed by atoms with E-state index in [-0.39, 0.29) is 6.10 Å². The molecule has 0 saturated heterocycles. The molecule has 0 aliphatic heterocycles. The van der Waals surface area contributed by atoms with Crippen LogP contribution in [0.2, 0.25) is 10.0 Å². The summed E-state index contributed by atoms with van der Waals surface area (Å²) in [6.45, 7) is 4.60. The van der Waals surface area contributed by atoms with Crippen LogP contribution in [0.3, 0.4) is 0 Å². The van der Waals surface area contributed by atoms with Gasteiger partial charge in [-0.15, -0.1) is 0 Å². The Kier molecular flexibility index (Phi) is 4.50. The Morgan fingerprint density at radius 2 is 2.21 bits per heavy atom. The molecule has 1 aromatic heterocycles. The van der Waals surface area contributed by atoms with E-state index < -0.39 is 0 Å². The summed E-state index contributed by atoms with van der Waals surface area (Å²) in [7, 11) is 0. The Bertz CT molecular complexity index is 638. The highest BCUT2D eigenvalue weighted by molar-refractivity contribution is 7.71. The molecule has 7 heteroatoms. The van der Waals surface area contributed by atoms with Gasteiger partial charge in [-0.05, 0) is 38.2 Å². The van der Waals surface area contributed by atoms with Gasteiger partial charge in [-0.2, -0.15) is 5.10 Å². The van der Waals surface area contributed by atoms with Crippen molar-refractivity contribution in [2.45, 2.75) is 26.5 Å². The molecular weight excluding hydrogens is 305 g/mol. The summed E-state index contributed by atoms with van der Waals surface area (Å²) in [6.07, 6.45) is -0.288. The Morgan fingerprint density at radius 3 is 2.89 bits per heavy atom. The number of hydrogen-bond donors (Lipinski definition) is 1. The molecule has 1 aromatic carbocycles. The lowest BCUT2D eigenvalue weighted by atomic mass is 10.3. The second kappa shape index (κ2) is 5.94. The highest BCUT2D eigenvalue weighted by atomic mass is 35.5. The molecule has 19 heavy (non-hydrogen) atoms. The minimum absolute atomic E-state index is 0.288. The van der Waals surface area contributed by atoms with Gasteiger partial charge in [-0.25, -0.2) is 0 Å². The van der Waals surface area contributed by atoms with Gasteiger partial charge in [0.1, 0.15) is 5.75 Å². The molecule has 0 radical (unpaired) electrons. The van der Waals surface area contributed by atoms with Gasteiger partial charge >= 0.3 is 0 Å². The monoisotopic (exact) mass is 317 g/mol. The van der Waals surface area contributed by atoms with Crippen LogP contribution in [0, 0.1) is 4.77 Å². The van der Waals surface area contributed by atoms with Crippen LogP contribution in [0.1, 0.15) is 25.8 Å². The van der Waals surface area contributed by atoms with Gasteiger partial charge in [-0.1, -0.05) is 23.2 Å². The van der Waals surface area contributed by atoms with Crippen molar-refractivity contribution in [3.8, 4) is 5.75 Å². The topological polar surface area (TPSA) is 42.8 Å².